The predicted octanol–water partition coefficient (Wildman–Crippen LogP) is 2.12. The maximum Gasteiger partial charge on any atom is 0.328 e. The molecule has 5 nitrogen and oxygen atoms in total. The fraction of sp³-hybridized carbons (Fsp3) is 0.250. The molecule has 1 aromatic heterocycles. The molecule has 0 bridgehead atoms. The van der Waals surface area contributed by atoms with Crippen molar-refractivity contribution in [3.8, 4) is 11.3 Å². The number of carboxylic acid groups (broad SMARTS) is 1. The van der Waals surface area contributed by atoms with E-state index in [1.165, 1.54) is 23.0 Å². The van der Waals surface area contributed by atoms with Crippen LogP contribution in [0.25, 0.3) is 11.3 Å². The zero-order valence-corrected chi connectivity index (χ0v) is 9.75. The van der Waals surface area contributed by atoms with Gasteiger partial charge in [0.25, 0.3) is 0 Å². The van der Waals surface area contributed by atoms with Crippen LogP contribution in [0.3, 0.4) is 0 Å². The van der Waals surface area contributed by atoms with Crippen LogP contribution in [-0.4, -0.2) is 26.1 Å². The largest absolute Gasteiger partial charge is 0.480 e. The molecule has 0 aliphatic rings. The molecule has 0 amide bonds. The third-order valence-corrected chi connectivity index (χ3v) is 2.68. The monoisotopic (exact) mass is 249 g/mol. The van der Waals surface area contributed by atoms with Gasteiger partial charge in [-0.3, -0.25) is 0 Å². The van der Waals surface area contributed by atoms with Crippen molar-refractivity contribution < 1.29 is 14.3 Å². The van der Waals surface area contributed by atoms with Gasteiger partial charge in [0.15, 0.2) is 6.04 Å². The highest BCUT2D eigenvalue weighted by atomic mass is 19.1. The number of halogens is 1. The quantitative estimate of drug-likeness (QED) is 0.901. The summed E-state index contributed by atoms with van der Waals surface area (Å²) in [5, 5.41) is 16.6. The molecular weight excluding hydrogens is 237 g/mol. The fourth-order valence-corrected chi connectivity index (χ4v) is 1.75. The van der Waals surface area contributed by atoms with E-state index in [0.29, 0.717) is 17.7 Å². The van der Waals surface area contributed by atoms with Gasteiger partial charge >= 0.3 is 5.97 Å². The van der Waals surface area contributed by atoms with Gasteiger partial charge in [-0.05, 0) is 30.7 Å². The van der Waals surface area contributed by atoms with E-state index in [-0.39, 0.29) is 5.82 Å². The molecule has 1 unspecified atom stereocenters. The Morgan fingerprint density at radius 3 is 2.67 bits per heavy atom. The van der Waals surface area contributed by atoms with E-state index in [2.05, 4.69) is 10.3 Å². The van der Waals surface area contributed by atoms with Gasteiger partial charge in [0.2, 0.25) is 0 Å². The van der Waals surface area contributed by atoms with Crippen LogP contribution >= 0.6 is 0 Å². The van der Waals surface area contributed by atoms with Gasteiger partial charge in [0.05, 0.1) is 11.9 Å². The summed E-state index contributed by atoms with van der Waals surface area (Å²) in [4.78, 5) is 11.1. The topological polar surface area (TPSA) is 68.0 Å². The number of hydrogen-bond acceptors (Lipinski definition) is 3. The molecule has 0 aliphatic carbocycles. The first kappa shape index (κ1) is 12.2. The molecule has 0 radical (unpaired) electrons. The lowest BCUT2D eigenvalue weighted by atomic mass is 10.1. The fourth-order valence-electron chi connectivity index (χ4n) is 1.75. The molecule has 18 heavy (non-hydrogen) atoms. The Balaban J connectivity index is 2.44. The van der Waals surface area contributed by atoms with E-state index >= 15 is 0 Å². The first-order valence-electron chi connectivity index (χ1n) is 5.52. The molecule has 0 spiro atoms. The van der Waals surface area contributed by atoms with Crippen LogP contribution in [-0.2, 0) is 4.79 Å². The predicted molar refractivity (Wildman–Crippen MR) is 62.4 cm³/mol. The van der Waals surface area contributed by atoms with Crippen molar-refractivity contribution in [1.29, 1.82) is 0 Å². The Hall–Kier alpha value is -2.24. The first-order chi connectivity index (χ1) is 8.63. The molecule has 1 heterocycles. The molecule has 1 atom stereocenters. The number of rotatable bonds is 4. The SMILES string of the molecule is CCC(C(=O)O)n1nncc1-c1ccc(F)cc1. The average molecular weight is 249 g/mol. The third-order valence-electron chi connectivity index (χ3n) is 2.68. The van der Waals surface area contributed by atoms with E-state index < -0.39 is 12.0 Å². The number of hydrogen-bond donors (Lipinski definition) is 1. The highest BCUT2D eigenvalue weighted by Crippen LogP contribution is 2.23. The smallest absolute Gasteiger partial charge is 0.328 e. The Morgan fingerprint density at radius 2 is 2.11 bits per heavy atom. The lowest BCUT2D eigenvalue weighted by Crippen LogP contribution is -2.20. The second-order valence-electron chi connectivity index (χ2n) is 3.83. The third kappa shape index (κ3) is 2.22. The Bertz CT molecular complexity index is 551. The van der Waals surface area contributed by atoms with E-state index in [9.17, 15) is 9.18 Å². The molecule has 1 N–H and O–H groups in total. The van der Waals surface area contributed by atoms with Crippen LogP contribution in [0.5, 0.6) is 0 Å². The van der Waals surface area contributed by atoms with Crippen molar-refractivity contribution in [2.45, 2.75) is 19.4 Å². The lowest BCUT2D eigenvalue weighted by molar-refractivity contribution is -0.141. The van der Waals surface area contributed by atoms with Crippen LogP contribution in [0.15, 0.2) is 30.5 Å². The van der Waals surface area contributed by atoms with Gasteiger partial charge in [0.1, 0.15) is 5.82 Å². The van der Waals surface area contributed by atoms with E-state index in [4.69, 9.17) is 5.11 Å². The number of aromatic nitrogens is 3. The Morgan fingerprint density at radius 1 is 1.44 bits per heavy atom. The number of carbonyl (C=O) groups is 1. The molecule has 2 rings (SSSR count). The average Bonchev–Trinajstić information content (AvgIpc) is 2.79. The standard InChI is InChI=1S/C12H12FN3O2/c1-2-10(12(17)18)16-11(7-14-15-16)8-3-5-9(13)6-4-8/h3-7,10H,2H2,1H3,(H,17,18). The minimum Gasteiger partial charge on any atom is -0.480 e. The summed E-state index contributed by atoms with van der Waals surface area (Å²) in [7, 11) is 0. The summed E-state index contributed by atoms with van der Waals surface area (Å²) in [6, 6.07) is 4.99. The van der Waals surface area contributed by atoms with Gasteiger partial charge in [-0.15, -0.1) is 5.10 Å². The van der Waals surface area contributed by atoms with Crippen LogP contribution < -0.4 is 0 Å². The number of carboxylic acids is 1. The summed E-state index contributed by atoms with van der Waals surface area (Å²) >= 11 is 0. The summed E-state index contributed by atoms with van der Waals surface area (Å²) < 4.78 is 14.2. The summed E-state index contributed by atoms with van der Waals surface area (Å²) in [6.07, 6.45) is 1.87. The first-order valence-corrected chi connectivity index (χ1v) is 5.52. The van der Waals surface area contributed by atoms with Crippen molar-refractivity contribution in [2.75, 3.05) is 0 Å². The summed E-state index contributed by atoms with van der Waals surface area (Å²) in [5.41, 5.74) is 1.24. The van der Waals surface area contributed by atoms with Gasteiger partial charge in [-0.25, -0.2) is 13.9 Å². The molecule has 0 aliphatic heterocycles. The maximum atomic E-state index is 12.8. The molecule has 1 aromatic carbocycles. The lowest BCUT2D eigenvalue weighted by Gasteiger charge is -2.12. The second kappa shape index (κ2) is 4.95. The van der Waals surface area contributed by atoms with Gasteiger partial charge < -0.3 is 5.11 Å². The zero-order valence-electron chi connectivity index (χ0n) is 9.75. The molecule has 94 valence electrons. The van der Waals surface area contributed by atoms with Crippen LogP contribution in [0.1, 0.15) is 19.4 Å². The van der Waals surface area contributed by atoms with E-state index in [0.717, 1.165) is 0 Å². The van der Waals surface area contributed by atoms with Crippen molar-refractivity contribution >= 4 is 5.97 Å². The van der Waals surface area contributed by atoms with Crippen LogP contribution in [0.4, 0.5) is 4.39 Å². The van der Waals surface area contributed by atoms with Crippen molar-refractivity contribution in [3.63, 3.8) is 0 Å². The molecule has 0 fully saturated rings. The van der Waals surface area contributed by atoms with Gasteiger partial charge in [-0.1, -0.05) is 12.1 Å². The van der Waals surface area contributed by atoms with Crippen LogP contribution in [0.2, 0.25) is 0 Å². The van der Waals surface area contributed by atoms with Crippen LogP contribution in [0, 0.1) is 5.82 Å². The number of nitrogens with zero attached hydrogens (tertiary/aromatic N) is 3. The highest BCUT2D eigenvalue weighted by molar-refractivity contribution is 5.73. The van der Waals surface area contributed by atoms with E-state index in [1.807, 2.05) is 0 Å². The van der Waals surface area contributed by atoms with Gasteiger partial charge in [0, 0.05) is 5.56 Å². The van der Waals surface area contributed by atoms with Crippen molar-refractivity contribution in [3.05, 3.63) is 36.3 Å². The summed E-state index contributed by atoms with van der Waals surface area (Å²) in [5.74, 6) is -1.31. The highest BCUT2D eigenvalue weighted by Gasteiger charge is 2.21. The second-order valence-corrected chi connectivity index (χ2v) is 3.83. The molecule has 6 heteroatoms. The maximum absolute atomic E-state index is 12.8. The molecule has 2 aromatic rings. The minimum absolute atomic E-state index is 0.344. The normalized spacial score (nSPS) is 12.3. The molecular formula is C12H12FN3O2. The Labute approximate surface area is 103 Å². The molecule has 0 saturated carbocycles. The van der Waals surface area contributed by atoms with Crippen molar-refractivity contribution in [1.82, 2.24) is 15.0 Å². The summed E-state index contributed by atoms with van der Waals surface area (Å²) in [6.45, 7) is 1.76. The minimum atomic E-state index is -0.966. The Kier molecular flexibility index (Phi) is 3.36. The number of benzene rings is 1. The van der Waals surface area contributed by atoms with E-state index in [1.54, 1.807) is 19.1 Å². The zero-order chi connectivity index (χ0) is 13.1. The van der Waals surface area contributed by atoms with Gasteiger partial charge in [-0.2, -0.15) is 0 Å². The van der Waals surface area contributed by atoms with Crippen molar-refractivity contribution in [2.24, 2.45) is 0 Å². The molecule has 0 saturated heterocycles. The number of aliphatic carboxylic acids is 1.